The van der Waals surface area contributed by atoms with E-state index in [0.29, 0.717) is 22.2 Å². The van der Waals surface area contributed by atoms with E-state index >= 15 is 0 Å². The molecule has 0 aliphatic carbocycles. The summed E-state index contributed by atoms with van der Waals surface area (Å²) in [4.78, 5) is 20.0. The molecule has 98 valence electrons. The molecule has 2 aromatic rings. The molecule has 0 saturated carbocycles. The molecule has 6 nitrogen and oxygen atoms in total. The first-order valence-electron chi connectivity index (χ1n) is 5.17. The lowest BCUT2D eigenvalue weighted by atomic mass is 10.3. The topological polar surface area (TPSA) is 87.5 Å². The first-order chi connectivity index (χ1) is 9.10. The van der Waals surface area contributed by atoms with Gasteiger partial charge in [0.2, 0.25) is 0 Å². The van der Waals surface area contributed by atoms with Crippen LogP contribution in [0.2, 0.25) is 0 Å². The van der Waals surface area contributed by atoms with Gasteiger partial charge in [0.25, 0.3) is 5.91 Å². The minimum atomic E-state index is -0.341. The summed E-state index contributed by atoms with van der Waals surface area (Å²) in [6.45, 7) is 1.62. The highest BCUT2D eigenvalue weighted by molar-refractivity contribution is 9.10. The van der Waals surface area contributed by atoms with Crippen LogP contribution in [-0.2, 0) is 0 Å². The number of thiazole rings is 1. The molecule has 0 aromatic carbocycles. The summed E-state index contributed by atoms with van der Waals surface area (Å²) in [5.74, 6) is -0.341. The van der Waals surface area contributed by atoms with Crippen molar-refractivity contribution in [3.8, 4) is 0 Å². The summed E-state index contributed by atoms with van der Waals surface area (Å²) in [5.41, 5.74) is 1.21. The Labute approximate surface area is 121 Å². The zero-order valence-electron chi connectivity index (χ0n) is 9.79. The molecule has 2 N–H and O–H groups in total. The van der Waals surface area contributed by atoms with Gasteiger partial charge in [-0.3, -0.25) is 10.1 Å². The van der Waals surface area contributed by atoms with Gasteiger partial charge in [0.1, 0.15) is 17.1 Å². The molecule has 19 heavy (non-hydrogen) atoms. The van der Waals surface area contributed by atoms with E-state index in [1.54, 1.807) is 30.6 Å². The van der Waals surface area contributed by atoms with Crippen molar-refractivity contribution >= 4 is 44.0 Å². The fourth-order valence-electron chi connectivity index (χ4n) is 1.22. The highest BCUT2D eigenvalue weighted by Crippen LogP contribution is 2.17. The number of carbonyl (C=O) groups excluding carboxylic acids is 1. The molecular weight excluding hydrogens is 332 g/mol. The van der Waals surface area contributed by atoms with Crippen LogP contribution in [0.3, 0.4) is 0 Å². The third kappa shape index (κ3) is 3.36. The van der Waals surface area contributed by atoms with Crippen molar-refractivity contribution in [3.05, 3.63) is 39.6 Å². The molecule has 0 radical (unpaired) electrons. The van der Waals surface area contributed by atoms with Gasteiger partial charge in [-0.05, 0) is 35.0 Å². The quantitative estimate of drug-likeness (QED) is 0.510. The number of nitrogens with zero attached hydrogens (tertiary/aromatic N) is 3. The van der Waals surface area contributed by atoms with Crippen molar-refractivity contribution in [2.45, 2.75) is 6.92 Å². The van der Waals surface area contributed by atoms with Crippen LogP contribution in [0.25, 0.3) is 0 Å². The second-order valence-corrected chi connectivity index (χ2v) is 5.31. The fraction of sp³-hybridized carbons (Fsp3) is 0.0909. The summed E-state index contributed by atoms with van der Waals surface area (Å²) in [5, 5.41) is 16.4. The van der Waals surface area contributed by atoms with Crippen LogP contribution < -0.4 is 5.32 Å². The van der Waals surface area contributed by atoms with E-state index in [0.717, 1.165) is 4.47 Å². The Kier molecular flexibility index (Phi) is 4.23. The minimum absolute atomic E-state index is 0.299. The molecule has 2 aromatic heterocycles. The zero-order chi connectivity index (χ0) is 13.8. The summed E-state index contributed by atoms with van der Waals surface area (Å²) < 4.78 is 0.801. The number of amides is 1. The van der Waals surface area contributed by atoms with Crippen molar-refractivity contribution < 1.29 is 10.0 Å². The van der Waals surface area contributed by atoms with E-state index in [1.165, 1.54) is 11.3 Å². The largest absolute Gasteiger partial charge is 0.411 e. The first-order valence-corrected chi connectivity index (χ1v) is 6.85. The maximum atomic E-state index is 11.9. The molecular formula is C11H9BrN4O2S. The van der Waals surface area contributed by atoms with E-state index in [1.807, 2.05) is 0 Å². The van der Waals surface area contributed by atoms with Gasteiger partial charge in [-0.1, -0.05) is 5.16 Å². The van der Waals surface area contributed by atoms with E-state index in [9.17, 15) is 4.79 Å². The van der Waals surface area contributed by atoms with Crippen LogP contribution >= 0.6 is 27.3 Å². The highest BCUT2D eigenvalue weighted by atomic mass is 79.9. The molecule has 1 amide bonds. The lowest BCUT2D eigenvalue weighted by Crippen LogP contribution is -2.13. The van der Waals surface area contributed by atoms with Crippen molar-refractivity contribution in [3.63, 3.8) is 0 Å². The fourth-order valence-corrected chi connectivity index (χ4v) is 2.20. The lowest BCUT2D eigenvalue weighted by Gasteiger charge is -2.00. The lowest BCUT2D eigenvalue weighted by molar-refractivity contribution is 0.102. The number of hydrogen-bond donors (Lipinski definition) is 2. The Balaban J connectivity index is 2.11. The van der Waals surface area contributed by atoms with Crippen LogP contribution in [0, 0.1) is 0 Å². The normalized spacial score (nSPS) is 11.4. The van der Waals surface area contributed by atoms with Crippen LogP contribution in [0.1, 0.15) is 23.1 Å². The molecule has 0 unspecified atom stereocenters. The number of halogens is 1. The monoisotopic (exact) mass is 340 g/mol. The summed E-state index contributed by atoms with van der Waals surface area (Å²) in [6, 6.07) is 3.34. The zero-order valence-corrected chi connectivity index (χ0v) is 12.2. The van der Waals surface area contributed by atoms with E-state index < -0.39 is 0 Å². The number of pyridine rings is 1. The molecule has 0 atom stereocenters. The number of anilines is 1. The van der Waals surface area contributed by atoms with Crippen molar-refractivity contribution in [1.82, 2.24) is 9.97 Å². The minimum Gasteiger partial charge on any atom is -0.411 e. The SMILES string of the molecule is CC(=NO)c1csc(NC(=O)c2ccc(Br)cn2)n1. The smallest absolute Gasteiger partial charge is 0.276 e. The molecule has 2 rings (SSSR count). The first kappa shape index (κ1) is 13.6. The third-order valence-corrected chi connectivity index (χ3v) is 3.43. The van der Waals surface area contributed by atoms with E-state index in [4.69, 9.17) is 5.21 Å². The average molecular weight is 341 g/mol. The molecule has 0 spiro atoms. The van der Waals surface area contributed by atoms with Gasteiger partial charge in [0, 0.05) is 16.0 Å². The Morgan fingerprint density at radius 3 is 2.89 bits per heavy atom. The molecule has 0 fully saturated rings. The van der Waals surface area contributed by atoms with E-state index in [2.05, 4.69) is 36.4 Å². The highest BCUT2D eigenvalue weighted by Gasteiger charge is 2.11. The Hall–Kier alpha value is -1.80. The van der Waals surface area contributed by atoms with Crippen molar-refractivity contribution in [2.24, 2.45) is 5.16 Å². The molecule has 0 aliphatic rings. The number of nitrogens with one attached hydrogen (secondary N) is 1. The number of rotatable bonds is 3. The number of aromatic nitrogens is 2. The number of oxime groups is 1. The van der Waals surface area contributed by atoms with Gasteiger partial charge in [-0.2, -0.15) is 0 Å². The van der Waals surface area contributed by atoms with Gasteiger partial charge in [0.05, 0.1) is 0 Å². The molecule has 2 heterocycles. The van der Waals surface area contributed by atoms with Gasteiger partial charge in [0.15, 0.2) is 5.13 Å². The van der Waals surface area contributed by atoms with Crippen molar-refractivity contribution in [1.29, 1.82) is 0 Å². The van der Waals surface area contributed by atoms with Crippen LogP contribution in [0.4, 0.5) is 5.13 Å². The summed E-state index contributed by atoms with van der Waals surface area (Å²) in [6.07, 6.45) is 1.55. The maximum Gasteiger partial charge on any atom is 0.276 e. The predicted octanol–water partition coefficient (Wildman–Crippen LogP) is 2.75. The average Bonchev–Trinajstić information content (AvgIpc) is 2.87. The Morgan fingerprint density at radius 2 is 2.26 bits per heavy atom. The number of hydrogen-bond acceptors (Lipinski definition) is 6. The van der Waals surface area contributed by atoms with E-state index in [-0.39, 0.29) is 5.91 Å². The van der Waals surface area contributed by atoms with Gasteiger partial charge >= 0.3 is 0 Å². The summed E-state index contributed by atoms with van der Waals surface area (Å²) in [7, 11) is 0. The molecule has 0 bridgehead atoms. The Bertz CT molecular complexity index is 624. The molecule has 0 aliphatic heterocycles. The third-order valence-electron chi connectivity index (χ3n) is 2.21. The van der Waals surface area contributed by atoms with Crippen molar-refractivity contribution in [2.75, 3.05) is 5.32 Å². The van der Waals surface area contributed by atoms with Gasteiger partial charge in [-0.25, -0.2) is 9.97 Å². The van der Waals surface area contributed by atoms with Crippen LogP contribution in [0.5, 0.6) is 0 Å². The van der Waals surface area contributed by atoms with Crippen LogP contribution in [0.15, 0.2) is 33.3 Å². The Morgan fingerprint density at radius 1 is 1.47 bits per heavy atom. The van der Waals surface area contributed by atoms with Crippen LogP contribution in [-0.4, -0.2) is 26.8 Å². The van der Waals surface area contributed by atoms with Gasteiger partial charge in [-0.15, -0.1) is 11.3 Å². The number of carbonyl (C=O) groups is 1. The standard InChI is InChI=1S/C11H9BrN4O2S/c1-6(16-18)9-5-19-11(14-9)15-10(17)8-3-2-7(12)4-13-8/h2-5,18H,1H3,(H,14,15,17). The van der Waals surface area contributed by atoms with Gasteiger partial charge < -0.3 is 5.21 Å². The second-order valence-electron chi connectivity index (χ2n) is 3.54. The second kappa shape index (κ2) is 5.89. The predicted molar refractivity (Wildman–Crippen MR) is 76.0 cm³/mol. The summed E-state index contributed by atoms with van der Waals surface area (Å²) >= 11 is 4.49. The molecule has 0 saturated heterocycles. The molecule has 8 heteroatoms. The maximum absolute atomic E-state index is 11.9.